The first-order valence-electron chi connectivity index (χ1n) is 24.9. The van der Waals surface area contributed by atoms with E-state index in [0.29, 0.717) is 31.8 Å². The van der Waals surface area contributed by atoms with Crippen LogP contribution >= 0.6 is 8.38 Å². The number of carbonyl (C=O) groups excluding carboxylic acids is 6. The van der Waals surface area contributed by atoms with Crippen molar-refractivity contribution in [3.63, 3.8) is 0 Å². The van der Waals surface area contributed by atoms with Crippen molar-refractivity contribution >= 4 is 49.4 Å². The normalized spacial score (nSPS) is 29.9. The molecule has 4 aliphatic heterocycles. The molecular formula is C52H73N6O15P. The van der Waals surface area contributed by atoms with Gasteiger partial charge in [0, 0.05) is 93.8 Å². The van der Waals surface area contributed by atoms with E-state index in [0.717, 1.165) is 6.54 Å². The Balaban J connectivity index is 1.44. The van der Waals surface area contributed by atoms with Crippen LogP contribution in [0, 0.1) is 36.5 Å². The Morgan fingerprint density at radius 3 is 2.26 bits per heavy atom. The molecule has 74 heavy (non-hydrogen) atoms. The van der Waals surface area contributed by atoms with Crippen molar-refractivity contribution in [3.8, 4) is 11.5 Å². The number of likely N-dealkylation sites (N-methyl/N-ethyl adjacent to an activating group) is 1. The highest BCUT2D eigenvalue weighted by Gasteiger charge is 2.54. The van der Waals surface area contributed by atoms with E-state index >= 15 is 0 Å². The first-order chi connectivity index (χ1) is 34.7. The van der Waals surface area contributed by atoms with Crippen LogP contribution in [0.5, 0.6) is 11.5 Å². The molecule has 0 saturated carbocycles. The molecule has 406 valence electrons. The number of hydrogen-bond donors (Lipinski definition) is 7. The van der Waals surface area contributed by atoms with Crippen LogP contribution in [0.1, 0.15) is 107 Å². The highest BCUT2D eigenvalue weighted by molar-refractivity contribution is 7.45. The van der Waals surface area contributed by atoms with E-state index in [2.05, 4.69) is 34.7 Å². The molecule has 22 heteroatoms. The standard InChI is InChI=1S/C52H73N6O15P/c1-26(2)22-58-19-17-52(18-20-58)55-40-37-38-44(63)32(8)48-39(37)49(65)51(10,73-48)70-21-16-34(69-12)29(5)47(71-33(9)59)31(7)43(62)30(6)46(72-36(61)24-57(11)23-35(60)53-25-74(67)68)27(3)14-13-15-28(4)50(66)54-42(45(38)64)41(40)56-52/h13-16,21,26-27,29-31,34,43,46-47,56,62-63,67-68H,17-20,22-25H2,1-12H3,(H,53,60)(H,54,66)/b14-13+,21-16+,28-15-/t27-,29+,30-,31+,34-,43+,46-,47+,51-/m0/s1. The fourth-order valence-electron chi connectivity index (χ4n) is 10.4. The number of fused-ring (bicyclic) bond motifs is 3. The number of ketones is 2. The average Bonchev–Trinajstić information content (AvgIpc) is 3.83. The summed E-state index contributed by atoms with van der Waals surface area (Å²) in [6.45, 7) is 18.4. The first-order valence-corrected chi connectivity index (χ1v) is 26.4. The molecule has 1 aromatic rings. The molecule has 1 aliphatic carbocycles. The van der Waals surface area contributed by atoms with Gasteiger partial charge < -0.3 is 64.5 Å². The van der Waals surface area contributed by atoms with Gasteiger partial charge in [0.1, 0.15) is 35.1 Å². The van der Waals surface area contributed by atoms with Crippen LogP contribution in [0.15, 0.2) is 52.5 Å². The predicted molar refractivity (Wildman–Crippen MR) is 273 cm³/mol. The number of aromatic hydroxyl groups is 1. The van der Waals surface area contributed by atoms with Gasteiger partial charge in [0.15, 0.2) is 8.38 Å². The van der Waals surface area contributed by atoms with Crippen molar-refractivity contribution in [1.82, 2.24) is 25.8 Å². The van der Waals surface area contributed by atoms with Gasteiger partial charge in [0.05, 0.1) is 60.4 Å². The Hall–Kier alpha value is -5.54. The Kier molecular flexibility index (Phi) is 18.4. The van der Waals surface area contributed by atoms with E-state index in [9.17, 15) is 48.8 Å². The number of esters is 2. The van der Waals surface area contributed by atoms with Crippen LogP contribution in [0.25, 0.3) is 0 Å². The second-order valence-electron chi connectivity index (χ2n) is 20.8. The number of carbonyl (C=O) groups is 6. The number of benzene rings is 1. The molecule has 5 bridgehead atoms. The summed E-state index contributed by atoms with van der Waals surface area (Å²) in [6, 6.07) is 0. The van der Waals surface area contributed by atoms with Crippen molar-refractivity contribution < 1.29 is 72.5 Å². The molecule has 1 spiro atoms. The van der Waals surface area contributed by atoms with Crippen LogP contribution in [0.4, 0.5) is 0 Å². The first kappa shape index (κ1) is 57.7. The van der Waals surface area contributed by atoms with Crippen LogP contribution in [-0.4, -0.2) is 160 Å². The Labute approximate surface area is 433 Å². The number of ether oxygens (including phenoxy) is 5. The molecule has 1 aromatic carbocycles. The maximum atomic E-state index is 14.9. The maximum Gasteiger partial charge on any atom is 0.320 e. The van der Waals surface area contributed by atoms with Crippen molar-refractivity contribution in [2.24, 2.45) is 34.6 Å². The molecular weight excluding hydrogens is 980 g/mol. The second-order valence-corrected chi connectivity index (χ2v) is 21.8. The zero-order valence-electron chi connectivity index (χ0n) is 44.3. The van der Waals surface area contributed by atoms with Gasteiger partial charge in [-0.2, -0.15) is 0 Å². The molecule has 21 nitrogen and oxygen atoms in total. The highest BCUT2D eigenvalue weighted by Crippen LogP contribution is 2.50. The van der Waals surface area contributed by atoms with Crippen molar-refractivity contribution in [1.29, 1.82) is 0 Å². The predicted octanol–water partition coefficient (Wildman–Crippen LogP) is 3.47. The number of aliphatic hydroxyl groups is 1. The third-order valence-electron chi connectivity index (χ3n) is 14.4. The number of aliphatic hydroxyl groups excluding tert-OH is 1. The van der Waals surface area contributed by atoms with Crippen LogP contribution in [0.3, 0.4) is 0 Å². The molecule has 0 unspecified atom stereocenters. The molecule has 0 radical (unpaired) electrons. The van der Waals surface area contributed by atoms with E-state index in [1.807, 2.05) is 0 Å². The molecule has 0 aromatic heterocycles. The Bertz CT molecular complexity index is 2530. The second kappa shape index (κ2) is 23.6. The molecule has 1 saturated heterocycles. The molecule has 6 rings (SSSR count). The summed E-state index contributed by atoms with van der Waals surface area (Å²) in [7, 11) is 0.560. The largest absolute Gasteiger partial charge is 0.507 e. The number of methoxy groups -OCH3 is 1. The molecule has 5 aliphatic rings. The lowest BCUT2D eigenvalue weighted by molar-refractivity contribution is -0.165. The molecule has 7 N–H and O–H groups in total. The number of phenolic OH excluding ortho intramolecular Hbond substituents is 1. The Morgan fingerprint density at radius 2 is 1.64 bits per heavy atom. The minimum atomic E-state index is -2.37. The third-order valence-corrected chi connectivity index (χ3v) is 14.9. The highest BCUT2D eigenvalue weighted by atomic mass is 31.2. The van der Waals surface area contributed by atoms with Gasteiger partial charge in [0.2, 0.25) is 11.7 Å². The SMILES string of the molecule is CO[C@H]1/C=C/O[C@@]2(C)Oc3c(C)c(O)c4c(c3C2=O)C2=NC3(CCN(CC(C)C)CC3)NC2=C(NC(=O)/C(C)=C\C=C\[C@H](C)[C@H](OC(=O)CN(C)CC(=O)NCP(O)O)[C@@H](C)[C@@H](O)[C@@H](C)[C@H](OC(C)=O)[C@@H]1C)C4=O. The van der Waals surface area contributed by atoms with Crippen LogP contribution < -0.4 is 20.7 Å². The number of allylic oxidation sites excluding steroid dienone is 4. The number of rotatable bonds is 11. The van der Waals surface area contributed by atoms with Crippen molar-refractivity contribution in [2.45, 2.75) is 118 Å². The van der Waals surface area contributed by atoms with Gasteiger partial charge in [-0.15, -0.1) is 0 Å². The number of likely N-dealkylation sites (tertiary alicyclic amines) is 1. The monoisotopic (exact) mass is 1050 g/mol. The number of nitrogens with zero attached hydrogens (tertiary/aromatic N) is 3. The van der Waals surface area contributed by atoms with E-state index < -0.39 is 109 Å². The van der Waals surface area contributed by atoms with Gasteiger partial charge >= 0.3 is 17.7 Å². The third kappa shape index (κ3) is 12.4. The van der Waals surface area contributed by atoms with E-state index in [1.165, 1.54) is 65.2 Å². The lowest BCUT2D eigenvalue weighted by atomic mass is 9.78. The van der Waals surface area contributed by atoms with Crippen molar-refractivity contribution in [2.75, 3.05) is 53.2 Å². The van der Waals surface area contributed by atoms with Gasteiger partial charge in [0.25, 0.3) is 11.7 Å². The van der Waals surface area contributed by atoms with E-state index in [1.54, 1.807) is 39.8 Å². The number of phenols is 1. The summed E-state index contributed by atoms with van der Waals surface area (Å²) < 4.78 is 30.3. The number of aliphatic imine (C=N–C) groups is 1. The minimum absolute atomic E-state index is 0.00855. The van der Waals surface area contributed by atoms with Crippen LogP contribution in [0.2, 0.25) is 0 Å². The fraction of sp³-hybridized carbons (Fsp3) is 0.596. The average molecular weight is 1050 g/mol. The quantitative estimate of drug-likeness (QED) is 0.123. The summed E-state index contributed by atoms with van der Waals surface area (Å²) in [4.78, 5) is 110. The molecule has 9 atom stereocenters. The summed E-state index contributed by atoms with van der Waals surface area (Å²) >= 11 is 0. The van der Waals surface area contributed by atoms with Crippen molar-refractivity contribution in [3.05, 3.63) is 69.8 Å². The number of Topliss-reactive ketones (excluding diaryl/α,β-unsaturated/α-hetero) is 2. The molecule has 2 amide bonds. The molecule has 1 fully saturated rings. The lowest BCUT2D eigenvalue weighted by Crippen LogP contribution is -2.50. The van der Waals surface area contributed by atoms with Gasteiger partial charge in [-0.25, -0.2) is 0 Å². The summed E-state index contributed by atoms with van der Waals surface area (Å²) in [5.41, 5.74) is -0.667. The summed E-state index contributed by atoms with van der Waals surface area (Å²) in [5.74, 6) is -9.13. The maximum absolute atomic E-state index is 14.9. The van der Waals surface area contributed by atoms with Gasteiger partial charge in [-0.05, 0) is 32.9 Å². The topological polar surface area (TPSA) is 284 Å². The summed E-state index contributed by atoms with van der Waals surface area (Å²) in [5, 5.41) is 32.7. The molecule has 4 heterocycles. The minimum Gasteiger partial charge on any atom is -0.507 e. The number of amides is 2. The summed E-state index contributed by atoms with van der Waals surface area (Å²) in [6.07, 6.45) is 3.97. The zero-order chi connectivity index (χ0) is 54.7. The number of hydrogen-bond acceptors (Lipinski definition) is 19. The Morgan fingerprint density at radius 1 is 0.973 bits per heavy atom. The van der Waals surface area contributed by atoms with Crippen LogP contribution in [-0.2, 0) is 38.1 Å². The van der Waals surface area contributed by atoms with E-state index in [4.69, 9.17) is 28.7 Å². The van der Waals surface area contributed by atoms with Gasteiger partial charge in [-0.1, -0.05) is 59.8 Å². The number of piperidine rings is 1. The smallest absolute Gasteiger partial charge is 0.320 e. The zero-order valence-corrected chi connectivity index (χ0v) is 45.2. The van der Waals surface area contributed by atoms with Gasteiger partial charge in [-0.3, -0.25) is 38.7 Å². The number of nitrogens with one attached hydrogen (secondary N) is 3. The lowest BCUT2D eigenvalue weighted by Gasteiger charge is -2.39. The fourth-order valence-corrected chi connectivity index (χ4v) is 10.7. The van der Waals surface area contributed by atoms with E-state index in [-0.39, 0.29) is 70.1 Å².